The maximum absolute atomic E-state index is 9.88. The summed E-state index contributed by atoms with van der Waals surface area (Å²) in [5, 5.41) is 0. The number of hydrogen-bond acceptors (Lipinski definition) is 0. The van der Waals surface area contributed by atoms with Crippen LogP contribution in [0.3, 0.4) is 0 Å². The fraction of sp³-hybridized carbons (Fsp3) is 0. The van der Waals surface area contributed by atoms with Crippen LogP contribution in [0.1, 0.15) is 0 Å². The normalized spacial score (nSPS) is 7.50. The maximum atomic E-state index is 9.88. The summed E-state index contributed by atoms with van der Waals surface area (Å²) in [6.45, 7) is 0. The number of rotatable bonds is 0. The molecule has 0 bridgehead atoms. The molecule has 0 radical (unpaired) electrons. The molecule has 0 aliphatic carbocycles. The minimum atomic E-state index is -7.00. The second-order valence-corrected chi connectivity index (χ2v) is 2.23. The quantitative estimate of drug-likeness (QED) is 0.350. The van der Waals surface area contributed by atoms with Crippen molar-refractivity contribution in [2.24, 2.45) is 0 Å². The zero-order chi connectivity index (χ0) is 4.50. The van der Waals surface area contributed by atoms with Gasteiger partial charge in [-0.3, -0.25) is 0 Å². The van der Waals surface area contributed by atoms with Crippen LogP contribution in [0.5, 0.6) is 0 Å². The fourth-order valence-corrected chi connectivity index (χ4v) is 0. The SMILES string of the molecule is O.O.O.[F][Ge]([F])([F])[F]. The van der Waals surface area contributed by atoms with Gasteiger partial charge in [-0.1, -0.05) is 0 Å². The van der Waals surface area contributed by atoms with Crippen LogP contribution >= 0.6 is 0 Å². The Balaban J connectivity index is -0.0000000267. The van der Waals surface area contributed by atoms with Gasteiger partial charge in [-0.15, -0.1) is 0 Å². The summed E-state index contributed by atoms with van der Waals surface area (Å²) in [7, 11) is 0. The van der Waals surface area contributed by atoms with Crippen molar-refractivity contribution in [3.05, 3.63) is 0 Å². The van der Waals surface area contributed by atoms with Crippen molar-refractivity contribution in [1.82, 2.24) is 0 Å². The van der Waals surface area contributed by atoms with Gasteiger partial charge in [-0.25, -0.2) is 0 Å². The average molecular weight is 203 g/mol. The Morgan fingerprint density at radius 1 is 0.625 bits per heavy atom. The van der Waals surface area contributed by atoms with E-state index in [0.29, 0.717) is 0 Å². The van der Waals surface area contributed by atoms with Crippen LogP contribution in [0.4, 0.5) is 14.0 Å². The van der Waals surface area contributed by atoms with Gasteiger partial charge in [0.15, 0.2) is 0 Å². The van der Waals surface area contributed by atoms with Gasteiger partial charge in [-0.2, -0.15) is 0 Å². The third-order valence-corrected chi connectivity index (χ3v) is 0. The summed E-state index contributed by atoms with van der Waals surface area (Å²) in [4.78, 5) is 0. The summed E-state index contributed by atoms with van der Waals surface area (Å²) in [6, 6.07) is 0. The molecule has 0 unspecified atom stereocenters. The first-order valence-corrected chi connectivity index (χ1v) is 3.93. The van der Waals surface area contributed by atoms with Crippen molar-refractivity contribution in [2.75, 3.05) is 0 Å². The van der Waals surface area contributed by atoms with E-state index in [1.807, 2.05) is 0 Å². The molecule has 0 rings (SSSR count). The van der Waals surface area contributed by atoms with E-state index >= 15 is 0 Å². The van der Waals surface area contributed by atoms with E-state index in [4.69, 9.17) is 0 Å². The first-order chi connectivity index (χ1) is 2.00. The standard InChI is InChI=1S/F4Ge.3H2O/c1-5(2,3)4;;;/h;3*1H2. The molecular formula is H6F4GeO3. The Morgan fingerprint density at radius 3 is 0.625 bits per heavy atom. The molecule has 0 aromatic rings. The summed E-state index contributed by atoms with van der Waals surface area (Å²) < 4.78 is 39.5. The van der Waals surface area contributed by atoms with E-state index in [1.165, 1.54) is 0 Å². The molecule has 0 saturated carbocycles. The van der Waals surface area contributed by atoms with Crippen molar-refractivity contribution < 1.29 is 30.4 Å². The van der Waals surface area contributed by atoms with Gasteiger partial charge < -0.3 is 16.4 Å². The summed E-state index contributed by atoms with van der Waals surface area (Å²) >= 11 is -7.00. The van der Waals surface area contributed by atoms with E-state index in [9.17, 15) is 14.0 Å². The van der Waals surface area contributed by atoms with E-state index in [0.717, 1.165) is 0 Å². The molecule has 6 N–H and O–H groups in total. The molecule has 8 heteroatoms. The topological polar surface area (TPSA) is 94.5 Å². The van der Waals surface area contributed by atoms with E-state index in [2.05, 4.69) is 0 Å². The first kappa shape index (κ1) is 24.2. The molecule has 0 atom stereocenters. The molecule has 0 aromatic heterocycles. The van der Waals surface area contributed by atoms with Gasteiger partial charge in [0.2, 0.25) is 0 Å². The fourth-order valence-electron chi connectivity index (χ4n) is 0. The van der Waals surface area contributed by atoms with Gasteiger partial charge in [0.1, 0.15) is 0 Å². The molecule has 0 amide bonds. The Labute approximate surface area is 46.5 Å². The molecule has 8 heavy (non-hydrogen) atoms. The first-order valence-electron chi connectivity index (χ1n) is 0.756. The van der Waals surface area contributed by atoms with Crippen LogP contribution in [0, 0.1) is 0 Å². The van der Waals surface area contributed by atoms with E-state index < -0.39 is 15.1 Å². The number of hydrogen-bond donors (Lipinski definition) is 0. The predicted octanol–water partition coefficient (Wildman–Crippen LogP) is -1.17. The molecule has 3 nitrogen and oxygen atoms in total. The molecule has 56 valence electrons. The van der Waals surface area contributed by atoms with Crippen molar-refractivity contribution in [3.8, 4) is 0 Å². The molecule has 0 aliphatic rings. The average Bonchev–Trinajstić information content (AvgIpc) is 0.722. The second-order valence-electron chi connectivity index (χ2n) is 0.429. The van der Waals surface area contributed by atoms with Crippen molar-refractivity contribution in [3.63, 3.8) is 0 Å². The summed E-state index contributed by atoms with van der Waals surface area (Å²) in [5.74, 6) is 0. The zero-order valence-electron chi connectivity index (χ0n) is 3.51. The Bertz CT molecular complexity index is 26.8. The molecule has 0 fully saturated rings. The van der Waals surface area contributed by atoms with Gasteiger partial charge in [0.05, 0.1) is 0 Å². The number of halogens is 4. The summed E-state index contributed by atoms with van der Waals surface area (Å²) in [6.07, 6.45) is 0. The third-order valence-electron chi connectivity index (χ3n) is 0. The third kappa shape index (κ3) is 7960. The molecule has 0 heterocycles. The van der Waals surface area contributed by atoms with Crippen LogP contribution in [-0.4, -0.2) is 31.6 Å². The van der Waals surface area contributed by atoms with Crippen molar-refractivity contribution in [1.29, 1.82) is 0 Å². The summed E-state index contributed by atoms with van der Waals surface area (Å²) in [5.41, 5.74) is 0. The van der Waals surface area contributed by atoms with Gasteiger partial charge in [0, 0.05) is 0 Å². The molecule has 0 spiro atoms. The minimum absolute atomic E-state index is 0. The van der Waals surface area contributed by atoms with Crippen LogP contribution in [0.15, 0.2) is 0 Å². The monoisotopic (exact) mass is 204 g/mol. The predicted molar refractivity (Wildman–Crippen MR) is 21.0 cm³/mol. The molecular weight excluding hydrogens is 197 g/mol. The van der Waals surface area contributed by atoms with Crippen LogP contribution in [0.2, 0.25) is 0 Å². The van der Waals surface area contributed by atoms with Gasteiger partial charge in [-0.05, 0) is 0 Å². The Kier molecular flexibility index (Phi) is 21.6. The van der Waals surface area contributed by atoms with Crippen LogP contribution in [0.25, 0.3) is 0 Å². The van der Waals surface area contributed by atoms with Crippen molar-refractivity contribution in [2.45, 2.75) is 0 Å². The Morgan fingerprint density at radius 2 is 0.625 bits per heavy atom. The molecule has 0 aliphatic heterocycles. The van der Waals surface area contributed by atoms with Crippen LogP contribution in [-0.2, 0) is 0 Å². The van der Waals surface area contributed by atoms with E-state index in [1.54, 1.807) is 0 Å². The van der Waals surface area contributed by atoms with Gasteiger partial charge in [0.25, 0.3) is 0 Å². The molecule has 0 saturated heterocycles. The van der Waals surface area contributed by atoms with Gasteiger partial charge >= 0.3 is 29.1 Å². The second kappa shape index (κ2) is 7.14. The van der Waals surface area contributed by atoms with Crippen molar-refractivity contribution >= 4 is 15.1 Å². The Hall–Kier alpha value is 0.143. The zero-order valence-corrected chi connectivity index (χ0v) is 5.61. The van der Waals surface area contributed by atoms with Crippen LogP contribution < -0.4 is 0 Å². The molecule has 0 aromatic carbocycles. The van der Waals surface area contributed by atoms with E-state index in [-0.39, 0.29) is 16.4 Å².